The first kappa shape index (κ1) is 6.92. The molecule has 2 nitrogen and oxygen atoms in total. The van der Waals surface area contributed by atoms with Gasteiger partial charge in [-0.05, 0) is 0 Å². The Kier molecular flexibility index (Phi) is 2.15. The third-order valence-corrected chi connectivity index (χ3v) is 1.02. The molecule has 0 saturated heterocycles. The molecule has 1 aromatic heterocycles. The van der Waals surface area contributed by atoms with Gasteiger partial charge in [0, 0.05) is 25.0 Å². The van der Waals surface area contributed by atoms with E-state index in [0.717, 1.165) is 6.08 Å². The fraction of sp³-hybridized carbons (Fsp3) is 0.167. The predicted octanol–water partition coefficient (Wildman–Crippen LogP) is 1.66. The minimum Gasteiger partial charge on any atom is -0.333 e. The normalized spacial score (nSPS) is 9.40. The average Bonchev–Trinajstić information content (AvgIpc) is 2.34. The molecule has 54 valence electrons. The molecule has 1 rings (SSSR count). The highest BCUT2D eigenvalue weighted by atomic mass is 19.3. The lowest BCUT2D eigenvalue weighted by atomic mass is 10.6. The number of hydrogen-bond donors (Lipinski definition) is 0. The zero-order valence-electron chi connectivity index (χ0n) is 5.17. The van der Waals surface area contributed by atoms with E-state index in [1.165, 1.54) is 6.33 Å². The number of allylic oxidation sites excluding steroid dienone is 1. The average molecular weight is 144 g/mol. The smallest absolute Gasteiger partial charge is 0.268 e. The van der Waals surface area contributed by atoms with E-state index >= 15 is 0 Å². The maximum atomic E-state index is 11.5. The van der Waals surface area contributed by atoms with Gasteiger partial charge in [-0.3, -0.25) is 0 Å². The molecule has 0 fully saturated rings. The van der Waals surface area contributed by atoms with Crippen LogP contribution in [0.4, 0.5) is 8.78 Å². The third kappa shape index (κ3) is 1.97. The van der Waals surface area contributed by atoms with Crippen molar-refractivity contribution in [3.05, 3.63) is 30.9 Å². The monoisotopic (exact) mass is 144 g/mol. The minimum atomic E-state index is -1.66. The number of halogens is 2. The molecule has 0 aliphatic carbocycles. The first-order valence-electron chi connectivity index (χ1n) is 2.76. The second-order valence-electron chi connectivity index (χ2n) is 1.75. The van der Waals surface area contributed by atoms with Gasteiger partial charge in [-0.15, -0.1) is 0 Å². The summed E-state index contributed by atoms with van der Waals surface area (Å²) in [7, 11) is 0. The van der Waals surface area contributed by atoms with Crippen LogP contribution in [0.1, 0.15) is 0 Å². The second kappa shape index (κ2) is 3.10. The van der Waals surface area contributed by atoms with Gasteiger partial charge in [0.25, 0.3) is 6.08 Å². The summed E-state index contributed by atoms with van der Waals surface area (Å²) in [6.45, 7) is 0.183. The van der Waals surface area contributed by atoms with Crippen molar-refractivity contribution in [1.82, 2.24) is 9.55 Å². The van der Waals surface area contributed by atoms with Crippen LogP contribution in [0.3, 0.4) is 0 Å². The van der Waals surface area contributed by atoms with Crippen LogP contribution in [0.25, 0.3) is 0 Å². The zero-order valence-corrected chi connectivity index (χ0v) is 5.17. The minimum absolute atomic E-state index is 0.183. The Labute approximate surface area is 56.8 Å². The van der Waals surface area contributed by atoms with E-state index in [9.17, 15) is 8.78 Å². The van der Waals surface area contributed by atoms with Crippen LogP contribution in [0.5, 0.6) is 0 Å². The summed E-state index contributed by atoms with van der Waals surface area (Å²) in [5.41, 5.74) is 0. The van der Waals surface area contributed by atoms with Gasteiger partial charge in [-0.25, -0.2) is 4.98 Å². The molecular weight excluding hydrogens is 138 g/mol. The summed E-state index contributed by atoms with van der Waals surface area (Å²) >= 11 is 0. The molecule has 0 spiro atoms. The van der Waals surface area contributed by atoms with Crippen LogP contribution in [0.2, 0.25) is 0 Å². The van der Waals surface area contributed by atoms with Gasteiger partial charge < -0.3 is 4.57 Å². The lowest BCUT2D eigenvalue weighted by Crippen LogP contribution is -1.89. The molecule has 0 N–H and O–H groups in total. The number of aromatic nitrogens is 2. The molecule has 0 aliphatic rings. The quantitative estimate of drug-likeness (QED) is 0.617. The van der Waals surface area contributed by atoms with Crippen molar-refractivity contribution < 1.29 is 8.78 Å². The SMILES string of the molecule is FC(F)=CCn1ccnc1. The van der Waals surface area contributed by atoms with Gasteiger partial charge in [0.1, 0.15) is 0 Å². The van der Waals surface area contributed by atoms with E-state index in [-0.39, 0.29) is 6.54 Å². The summed E-state index contributed by atoms with van der Waals surface area (Å²) in [6, 6.07) is 0. The van der Waals surface area contributed by atoms with E-state index in [0.29, 0.717) is 0 Å². The number of rotatable bonds is 2. The summed E-state index contributed by atoms with van der Waals surface area (Å²) in [5, 5.41) is 0. The van der Waals surface area contributed by atoms with Crippen LogP contribution in [0.15, 0.2) is 30.9 Å². The highest BCUT2D eigenvalue weighted by molar-refractivity contribution is 4.84. The summed E-state index contributed by atoms with van der Waals surface area (Å²) in [5.74, 6) is 0. The van der Waals surface area contributed by atoms with Crippen molar-refractivity contribution in [3.63, 3.8) is 0 Å². The Balaban J connectivity index is 2.49. The van der Waals surface area contributed by atoms with E-state index in [1.54, 1.807) is 17.0 Å². The predicted molar refractivity (Wildman–Crippen MR) is 32.5 cm³/mol. The Morgan fingerprint density at radius 1 is 1.60 bits per heavy atom. The van der Waals surface area contributed by atoms with E-state index in [4.69, 9.17) is 0 Å². The van der Waals surface area contributed by atoms with Crippen molar-refractivity contribution in [2.45, 2.75) is 6.54 Å². The highest BCUT2D eigenvalue weighted by Gasteiger charge is 1.88. The molecule has 4 heteroatoms. The number of imidazole rings is 1. The van der Waals surface area contributed by atoms with Crippen molar-refractivity contribution in [3.8, 4) is 0 Å². The van der Waals surface area contributed by atoms with Crippen molar-refractivity contribution in [2.75, 3.05) is 0 Å². The fourth-order valence-electron chi connectivity index (χ4n) is 0.569. The topological polar surface area (TPSA) is 17.8 Å². The molecule has 0 unspecified atom stereocenters. The molecule has 0 aromatic carbocycles. The molecule has 10 heavy (non-hydrogen) atoms. The lowest BCUT2D eigenvalue weighted by molar-refractivity contribution is 0.416. The Hall–Kier alpha value is -1.19. The largest absolute Gasteiger partial charge is 0.333 e. The molecule has 1 heterocycles. The van der Waals surface area contributed by atoms with Crippen molar-refractivity contribution >= 4 is 0 Å². The standard InChI is InChI=1S/C6H6F2N2/c7-6(8)1-3-10-4-2-9-5-10/h1-2,4-5H,3H2. The van der Waals surface area contributed by atoms with Gasteiger partial charge in [0.2, 0.25) is 0 Å². The van der Waals surface area contributed by atoms with Crippen LogP contribution in [0, 0.1) is 0 Å². The molecule has 0 aliphatic heterocycles. The van der Waals surface area contributed by atoms with E-state index in [2.05, 4.69) is 4.98 Å². The van der Waals surface area contributed by atoms with E-state index < -0.39 is 6.08 Å². The summed E-state index contributed by atoms with van der Waals surface area (Å²) in [6.07, 6.45) is 3.83. The van der Waals surface area contributed by atoms with Gasteiger partial charge >= 0.3 is 0 Å². The maximum Gasteiger partial charge on any atom is 0.268 e. The highest BCUT2D eigenvalue weighted by Crippen LogP contribution is 1.97. The molecule has 1 aromatic rings. The van der Waals surface area contributed by atoms with Crippen LogP contribution in [-0.2, 0) is 6.54 Å². The zero-order chi connectivity index (χ0) is 7.40. The van der Waals surface area contributed by atoms with Gasteiger partial charge in [-0.1, -0.05) is 0 Å². The Morgan fingerprint density at radius 3 is 2.90 bits per heavy atom. The van der Waals surface area contributed by atoms with Crippen molar-refractivity contribution in [1.29, 1.82) is 0 Å². The number of nitrogens with zero attached hydrogens (tertiary/aromatic N) is 2. The molecular formula is C6H6F2N2. The summed E-state index contributed by atoms with van der Waals surface area (Å²) in [4.78, 5) is 3.69. The van der Waals surface area contributed by atoms with Gasteiger partial charge in [0.05, 0.1) is 6.33 Å². The Bertz CT molecular complexity index is 212. The second-order valence-corrected chi connectivity index (χ2v) is 1.75. The summed E-state index contributed by atoms with van der Waals surface area (Å²) < 4.78 is 24.5. The lowest BCUT2D eigenvalue weighted by Gasteiger charge is -1.91. The van der Waals surface area contributed by atoms with Crippen LogP contribution >= 0.6 is 0 Å². The molecule has 0 atom stereocenters. The first-order valence-corrected chi connectivity index (χ1v) is 2.76. The van der Waals surface area contributed by atoms with Crippen LogP contribution < -0.4 is 0 Å². The van der Waals surface area contributed by atoms with E-state index in [1.807, 2.05) is 0 Å². The molecule has 0 amide bonds. The number of hydrogen-bond acceptors (Lipinski definition) is 1. The van der Waals surface area contributed by atoms with Crippen LogP contribution in [-0.4, -0.2) is 9.55 Å². The fourth-order valence-corrected chi connectivity index (χ4v) is 0.569. The Morgan fingerprint density at radius 2 is 2.40 bits per heavy atom. The van der Waals surface area contributed by atoms with Gasteiger partial charge in [0.15, 0.2) is 0 Å². The van der Waals surface area contributed by atoms with Crippen molar-refractivity contribution in [2.24, 2.45) is 0 Å². The molecule has 0 saturated carbocycles. The third-order valence-electron chi connectivity index (χ3n) is 1.02. The van der Waals surface area contributed by atoms with Gasteiger partial charge in [-0.2, -0.15) is 8.78 Å². The molecule has 0 radical (unpaired) electrons. The molecule has 0 bridgehead atoms. The maximum absolute atomic E-state index is 11.5. The first-order chi connectivity index (χ1) is 4.79.